The van der Waals surface area contributed by atoms with Crippen LogP contribution in [0, 0.1) is 0 Å². The lowest BCUT2D eigenvalue weighted by Gasteiger charge is -2.16. The minimum Gasteiger partial charge on any atom is -0.383 e. The summed E-state index contributed by atoms with van der Waals surface area (Å²) in [6, 6.07) is 7.10. The van der Waals surface area contributed by atoms with Crippen LogP contribution >= 0.6 is 24.0 Å². The number of halogens is 1. The Morgan fingerprint density at radius 3 is 2.44 bits per heavy atom. The van der Waals surface area contributed by atoms with Crippen LogP contribution < -0.4 is 15.4 Å². The Morgan fingerprint density at radius 2 is 1.92 bits per heavy atom. The lowest BCUT2D eigenvalue weighted by Crippen LogP contribution is -2.41. The third-order valence-electron chi connectivity index (χ3n) is 3.51. The van der Waals surface area contributed by atoms with Crippen LogP contribution in [0.15, 0.2) is 34.2 Å². The Morgan fingerprint density at radius 1 is 1.28 bits per heavy atom. The number of nitrogens with one attached hydrogen (secondary N) is 3. The predicted octanol–water partition coefficient (Wildman–Crippen LogP) is 1.69. The molecule has 1 unspecified atom stereocenters. The van der Waals surface area contributed by atoms with E-state index in [1.165, 1.54) is 7.11 Å². The zero-order valence-corrected chi connectivity index (χ0v) is 18.4. The molecule has 0 aliphatic rings. The number of methoxy groups -OCH3 is 1. The van der Waals surface area contributed by atoms with Crippen LogP contribution in [0.4, 0.5) is 0 Å². The van der Waals surface area contributed by atoms with Crippen LogP contribution in [0.1, 0.15) is 25.8 Å². The monoisotopic (exact) mass is 484 g/mol. The second kappa shape index (κ2) is 12.4. The van der Waals surface area contributed by atoms with E-state index in [1.807, 2.05) is 0 Å². The summed E-state index contributed by atoms with van der Waals surface area (Å²) in [7, 11) is -0.242. The predicted molar refractivity (Wildman–Crippen MR) is 112 cm³/mol. The van der Waals surface area contributed by atoms with Gasteiger partial charge in [-0.1, -0.05) is 19.1 Å². The van der Waals surface area contributed by atoms with E-state index in [0.717, 1.165) is 17.9 Å². The van der Waals surface area contributed by atoms with Crippen molar-refractivity contribution >= 4 is 40.0 Å². The fourth-order valence-corrected chi connectivity index (χ4v) is 2.88. The second-order valence-electron chi connectivity index (χ2n) is 5.41. The topological polar surface area (TPSA) is 91.8 Å². The number of hydrogen-bond acceptors (Lipinski definition) is 4. The molecule has 1 aromatic carbocycles. The normalized spacial score (nSPS) is 13.0. The maximum atomic E-state index is 12.1. The lowest BCUT2D eigenvalue weighted by molar-refractivity contribution is 0.204. The summed E-state index contributed by atoms with van der Waals surface area (Å²) in [6.45, 7) is 5.34. The van der Waals surface area contributed by atoms with E-state index in [9.17, 15) is 8.42 Å². The van der Waals surface area contributed by atoms with E-state index in [2.05, 4.69) is 34.2 Å². The smallest absolute Gasteiger partial charge is 0.240 e. The number of guanidine groups is 1. The van der Waals surface area contributed by atoms with Crippen LogP contribution in [-0.2, 0) is 21.3 Å². The first-order valence-corrected chi connectivity index (χ1v) is 9.46. The molecule has 0 spiro atoms. The van der Waals surface area contributed by atoms with Gasteiger partial charge in [0.15, 0.2) is 5.96 Å². The van der Waals surface area contributed by atoms with Crippen molar-refractivity contribution in [2.45, 2.75) is 37.8 Å². The number of aliphatic imine (C=N–C) groups is 1. The molecule has 0 bridgehead atoms. The van der Waals surface area contributed by atoms with Crippen molar-refractivity contribution in [3.63, 3.8) is 0 Å². The molecule has 0 aliphatic heterocycles. The zero-order valence-electron chi connectivity index (χ0n) is 15.2. The highest BCUT2D eigenvalue weighted by Crippen LogP contribution is 2.10. The molecule has 0 saturated heterocycles. The van der Waals surface area contributed by atoms with Crippen LogP contribution in [0.3, 0.4) is 0 Å². The Labute approximate surface area is 168 Å². The van der Waals surface area contributed by atoms with Gasteiger partial charge in [-0.2, -0.15) is 0 Å². The fraction of sp³-hybridized carbons (Fsp3) is 0.562. The van der Waals surface area contributed by atoms with Crippen molar-refractivity contribution < 1.29 is 13.2 Å². The average molecular weight is 484 g/mol. The Balaban J connectivity index is 0.00000576. The summed E-state index contributed by atoms with van der Waals surface area (Å²) in [5.41, 5.74) is 0.970. The van der Waals surface area contributed by atoms with Crippen molar-refractivity contribution in [3.8, 4) is 0 Å². The third-order valence-corrected chi connectivity index (χ3v) is 4.99. The van der Waals surface area contributed by atoms with Gasteiger partial charge in [0.1, 0.15) is 0 Å². The molecular formula is C16H29IN4O3S. The molecule has 3 N–H and O–H groups in total. The molecule has 1 atom stereocenters. The van der Waals surface area contributed by atoms with Gasteiger partial charge in [-0.15, -0.1) is 24.0 Å². The van der Waals surface area contributed by atoms with Crippen LogP contribution in [-0.4, -0.2) is 47.7 Å². The highest BCUT2D eigenvalue weighted by molar-refractivity contribution is 14.0. The van der Waals surface area contributed by atoms with Crippen molar-refractivity contribution in [1.82, 2.24) is 15.4 Å². The number of rotatable bonds is 9. The summed E-state index contributed by atoms with van der Waals surface area (Å²) < 4.78 is 31.5. The molecule has 0 radical (unpaired) electrons. The summed E-state index contributed by atoms with van der Waals surface area (Å²) >= 11 is 0. The van der Waals surface area contributed by atoms with E-state index >= 15 is 0 Å². The van der Waals surface area contributed by atoms with E-state index in [-0.39, 0.29) is 35.4 Å². The maximum Gasteiger partial charge on any atom is 0.240 e. The van der Waals surface area contributed by atoms with E-state index in [4.69, 9.17) is 4.74 Å². The molecule has 0 aromatic heterocycles. The Kier molecular flexibility index (Phi) is 12.0. The molecule has 0 heterocycles. The van der Waals surface area contributed by atoms with Gasteiger partial charge < -0.3 is 15.4 Å². The number of sulfonamides is 1. The highest BCUT2D eigenvalue weighted by atomic mass is 127. The molecule has 0 amide bonds. The van der Waals surface area contributed by atoms with Gasteiger partial charge in [0.25, 0.3) is 0 Å². The minimum absolute atomic E-state index is 0. The fourth-order valence-electron chi connectivity index (χ4n) is 1.86. The van der Waals surface area contributed by atoms with Gasteiger partial charge >= 0.3 is 0 Å². The molecular weight excluding hydrogens is 455 g/mol. The van der Waals surface area contributed by atoms with Crippen molar-refractivity contribution in [1.29, 1.82) is 0 Å². The maximum absolute atomic E-state index is 12.1. The number of hydrogen-bond donors (Lipinski definition) is 3. The first kappa shape index (κ1) is 24.1. The van der Waals surface area contributed by atoms with Crippen molar-refractivity contribution in [2.75, 3.05) is 27.3 Å². The summed E-state index contributed by atoms with van der Waals surface area (Å²) in [4.78, 5) is 4.41. The molecule has 25 heavy (non-hydrogen) atoms. The molecule has 1 aromatic rings. The number of ether oxygens (including phenoxy) is 1. The van der Waals surface area contributed by atoms with Gasteiger partial charge in [-0.05, 0) is 31.0 Å². The van der Waals surface area contributed by atoms with Crippen LogP contribution in [0.5, 0.6) is 0 Å². The van der Waals surface area contributed by atoms with Crippen molar-refractivity contribution in [3.05, 3.63) is 29.8 Å². The molecule has 0 saturated carbocycles. The zero-order chi connectivity index (χ0) is 18.0. The lowest BCUT2D eigenvalue weighted by atomic mass is 10.2. The third kappa shape index (κ3) is 8.84. The van der Waals surface area contributed by atoms with E-state index < -0.39 is 10.0 Å². The summed E-state index contributed by atoms with van der Waals surface area (Å²) in [6.07, 6.45) is 1.00. The molecule has 9 heteroatoms. The van der Waals surface area contributed by atoms with Gasteiger partial charge in [0, 0.05) is 33.3 Å². The molecule has 144 valence electrons. The standard InChI is InChI=1S/C16H28N4O3S.HI/c1-5-13(2)20-16(17-3)18-12-14-6-8-15(9-7-14)24(21,22)19-10-11-23-4;/h6-9,13,19H,5,10-12H2,1-4H3,(H2,17,18,20);1H. The Bertz CT molecular complexity index is 621. The molecule has 0 fully saturated rings. The summed E-state index contributed by atoms with van der Waals surface area (Å²) in [5, 5.41) is 6.48. The van der Waals surface area contributed by atoms with E-state index in [1.54, 1.807) is 31.3 Å². The van der Waals surface area contributed by atoms with Gasteiger partial charge in [-0.25, -0.2) is 13.1 Å². The van der Waals surface area contributed by atoms with Crippen LogP contribution in [0.25, 0.3) is 0 Å². The second-order valence-corrected chi connectivity index (χ2v) is 7.18. The average Bonchev–Trinajstić information content (AvgIpc) is 2.58. The van der Waals surface area contributed by atoms with Crippen LogP contribution in [0.2, 0.25) is 0 Å². The largest absolute Gasteiger partial charge is 0.383 e. The Hall–Kier alpha value is -0.910. The molecule has 0 aliphatic carbocycles. The SMILES string of the molecule is CCC(C)NC(=NC)NCc1ccc(S(=O)(=O)NCCOC)cc1.I. The van der Waals surface area contributed by atoms with Gasteiger partial charge in [-0.3, -0.25) is 4.99 Å². The minimum atomic E-state index is -3.49. The number of nitrogens with zero attached hydrogens (tertiary/aromatic N) is 1. The quantitative estimate of drug-likeness (QED) is 0.215. The number of benzene rings is 1. The van der Waals surface area contributed by atoms with E-state index in [0.29, 0.717) is 19.2 Å². The highest BCUT2D eigenvalue weighted by Gasteiger charge is 2.13. The molecule has 1 rings (SSSR count). The first-order chi connectivity index (χ1) is 11.4. The van der Waals surface area contributed by atoms with Gasteiger partial charge in [0.2, 0.25) is 10.0 Å². The first-order valence-electron chi connectivity index (χ1n) is 7.97. The van der Waals surface area contributed by atoms with Crippen molar-refractivity contribution in [2.24, 2.45) is 4.99 Å². The molecule has 7 nitrogen and oxygen atoms in total. The van der Waals surface area contributed by atoms with Gasteiger partial charge in [0.05, 0.1) is 11.5 Å². The summed E-state index contributed by atoms with van der Waals surface area (Å²) in [5.74, 6) is 0.724.